The quantitative estimate of drug-likeness (QED) is 0.738. The van der Waals surface area contributed by atoms with Crippen molar-refractivity contribution in [3.05, 3.63) is 51.8 Å². The summed E-state index contributed by atoms with van der Waals surface area (Å²) in [5.41, 5.74) is 0.216. The molecular weight excluding hydrogens is 308 g/mol. The summed E-state index contributed by atoms with van der Waals surface area (Å²) in [5, 5.41) is 20.6. The van der Waals surface area contributed by atoms with Crippen LogP contribution in [0.3, 0.4) is 0 Å². The van der Waals surface area contributed by atoms with Gasteiger partial charge in [-0.1, -0.05) is 23.2 Å². The monoisotopic (exact) mass is 315 g/mol. The van der Waals surface area contributed by atoms with Crippen molar-refractivity contribution in [3.63, 3.8) is 0 Å². The normalized spacial score (nSPS) is 10.3. The zero-order valence-electron chi connectivity index (χ0n) is 9.82. The Morgan fingerprint density at radius 2 is 1.50 bits per heavy atom. The highest BCUT2D eigenvalue weighted by Gasteiger charge is 2.12. The van der Waals surface area contributed by atoms with Gasteiger partial charge >= 0.3 is 0 Å². The van der Waals surface area contributed by atoms with Gasteiger partial charge in [-0.2, -0.15) is 0 Å². The largest absolute Gasteiger partial charge is 0.508 e. The van der Waals surface area contributed by atoms with Crippen molar-refractivity contribution in [2.75, 3.05) is 5.32 Å². The molecule has 0 aliphatic heterocycles. The van der Waals surface area contributed by atoms with Crippen molar-refractivity contribution < 1.29 is 19.4 Å². The van der Waals surface area contributed by atoms with Crippen molar-refractivity contribution >= 4 is 34.8 Å². The Balaban J connectivity index is 2.28. The molecule has 2 rings (SSSR count). The first-order valence-corrected chi connectivity index (χ1v) is 6.11. The lowest BCUT2D eigenvalue weighted by atomic mass is 10.2. The Labute approximate surface area is 123 Å². The fraction of sp³-hybridized carbons (Fsp3) is 0. The minimum atomic E-state index is -0.777. The Bertz CT molecular complexity index is 648. The van der Waals surface area contributed by atoms with E-state index in [0.29, 0.717) is 0 Å². The van der Waals surface area contributed by atoms with Gasteiger partial charge in [-0.05, 0) is 24.3 Å². The number of halogens is 3. The minimum Gasteiger partial charge on any atom is -0.508 e. The van der Waals surface area contributed by atoms with Crippen LogP contribution in [0.4, 0.5) is 10.1 Å². The number of nitrogens with one attached hydrogen (secondary N) is 1. The van der Waals surface area contributed by atoms with Crippen LogP contribution in [0, 0.1) is 5.82 Å². The van der Waals surface area contributed by atoms with E-state index >= 15 is 0 Å². The van der Waals surface area contributed by atoms with Gasteiger partial charge in [-0.3, -0.25) is 4.79 Å². The van der Waals surface area contributed by atoms with Crippen LogP contribution in [-0.4, -0.2) is 16.1 Å². The summed E-state index contributed by atoms with van der Waals surface area (Å²) in [6, 6.07) is 5.82. The van der Waals surface area contributed by atoms with E-state index in [2.05, 4.69) is 5.32 Å². The van der Waals surface area contributed by atoms with Gasteiger partial charge in [0.05, 0.1) is 10.0 Å². The molecule has 0 atom stereocenters. The summed E-state index contributed by atoms with van der Waals surface area (Å²) in [6.45, 7) is 0. The highest BCUT2D eigenvalue weighted by Crippen LogP contribution is 2.28. The third-order valence-electron chi connectivity index (χ3n) is 2.41. The van der Waals surface area contributed by atoms with Crippen LogP contribution in [-0.2, 0) is 0 Å². The van der Waals surface area contributed by atoms with E-state index in [1.165, 1.54) is 24.3 Å². The molecule has 4 nitrogen and oxygen atoms in total. The predicted molar refractivity (Wildman–Crippen MR) is 74.1 cm³/mol. The van der Waals surface area contributed by atoms with Crippen LogP contribution in [0.15, 0.2) is 30.3 Å². The van der Waals surface area contributed by atoms with E-state index in [1.807, 2.05) is 0 Å². The molecule has 0 heterocycles. The summed E-state index contributed by atoms with van der Waals surface area (Å²) in [4.78, 5) is 11.9. The molecule has 0 radical (unpaired) electrons. The van der Waals surface area contributed by atoms with E-state index in [1.54, 1.807) is 0 Å². The second kappa shape index (κ2) is 5.56. The molecule has 104 valence electrons. The van der Waals surface area contributed by atoms with Gasteiger partial charge in [0.15, 0.2) is 5.82 Å². The fourth-order valence-corrected chi connectivity index (χ4v) is 2.04. The molecule has 3 N–H and O–H groups in total. The molecular formula is C13H8Cl2FNO3. The fourth-order valence-electron chi connectivity index (χ4n) is 1.56. The summed E-state index contributed by atoms with van der Waals surface area (Å²) in [7, 11) is 0. The number of hydrogen-bond donors (Lipinski definition) is 3. The van der Waals surface area contributed by atoms with E-state index in [0.717, 1.165) is 6.07 Å². The van der Waals surface area contributed by atoms with Gasteiger partial charge in [-0.25, -0.2) is 4.39 Å². The van der Waals surface area contributed by atoms with Crippen molar-refractivity contribution in [1.29, 1.82) is 0 Å². The molecule has 0 spiro atoms. The SMILES string of the molecule is O=C(Nc1cc(Cl)c(F)c(Cl)c1)c1cc(O)cc(O)c1. The van der Waals surface area contributed by atoms with E-state index in [-0.39, 0.29) is 32.8 Å². The first kappa shape index (κ1) is 14.4. The van der Waals surface area contributed by atoms with Crippen molar-refractivity contribution in [3.8, 4) is 11.5 Å². The minimum absolute atomic E-state index is 0.0269. The third kappa shape index (κ3) is 3.12. The van der Waals surface area contributed by atoms with E-state index in [9.17, 15) is 19.4 Å². The maximum atomic E-state index is 13.2. The van der Waals surface area contributed by atoms with Crippen LogP contribution in [0.25, 0.3) is 0 Å². The molecule has 2 aromatic carbocycles. The second-order valence-corrected chi connectivity index (χ2v) is 4.76. The number of amides is 1. The van der Waals surface area contributed by atoms with E-state index < -0.39 is 11.7 Å². The number of aromatic hydroxyl groups is 2. The van der Waals surface area contributed by atoms with Crippen molar-refractivity contribution in [2.24, 2.45) is 0 Å². The number of carbonyl (C=O) groups is 1. The molecule has 0 saturated carbocycles. The van der Waals surface area contributed by atoms with Gasteiger partial charge < -0.3 is 15.5 Å². The van der Waals surface area contributed by atoms with Gasteiger partial charge in [0.1, 0.15) is 11.5 Å². The van der Waals surface area contributed by atoms with Crippen LogP contribution in [0.5, 0.6) is 11.5 Å². The Hall–Kier alpha value is -1.98. The maximum absolute atomic E-state index is 13.2. The van der Waals surface area contributed by atoms with Crippen LogP contribution < -0.4 is 5.32 Å². The Morgan fingerprint density at radius 1 is 1.00 bits per heavy atom. The highest BCUT2D eigenvalue weighted by molar-refractivity contribution is 6.35. The zero-order chi connectivity index (χ0) is 14.9. The second-order valence-electron chi connectivity index (χ2n) is 3.95. The molecule has 0 saturated heterocycles. The lowest BCUT2D eigenvalue weighted by Gasteiger charge is -2.08. The molecule has 7 heteroatoms. The van der Waals surface area contributed by atoms with Crippen LogP contribution >= 0.6 is 23.2 Å². The lowest BCUT2D eigenvalue weighted by molar-refractivity contribution is 0.102. The molecule has 0 bridgehead atoms. The summed E-state index contributed by atoms with van der Waals surface area (Å²) in [6.07, 6.45) is 0. The molecule has 1 amide bonds. The molecule has 0 aliphatic carbocycles. The molecule has 20 heavy (non-hydrogen) atoms. The number of rotatable bonds is 2. The van der Waals surface area contributed by atoms with Gasteiger partial charge in [-0.15, -0.1) is 0 Å². The van der Waals surface area contributed by atoms with Gasteiger partial charge in [0.2, 0.25) is 0 Å². The smallest absolute Gasteiger partial charge is 0.255 e. The Kier molecular flexibility index (Phi) is 4.01. The Morgan fingerprint density at radius 3 is 2.00 bits per heavy atom. The molecule has 0 fully saturated rings. The van der Waals surface area contributed by atoms with Crippen LogP contribution in [0.2, 0.25) is 10.0 Å². The maximum Gasteiger partial charge on any atom is 0.255 e. The number of carbonyl (C=O) groups excluding carboxylic acids is 1. The standard InChI is InChI=1S/C13H8Cl2FNO3/c14-10-3-7(4-11(15)12(10)16)17-13(20)6-1-8(18)5-9(19)2-6/h1-5,18-19H,(H,17,20). The number of hydrogen-bond acceptors (Lipinski definition) is 3. The van der Waals surface area contributed by atoms with Gasteiger partial charge in [0.25, 0.3) is 5.91 Å². The van der Waals surface area contributed by atoms with Crippen molar-refractivity contribution in [1.82, 2.24) is 0 Å². The number of phenols is 2. The summed E-state index contributed by atoms with van der Waals surface area (Å²) >= 11 is 11.2. The first-order chi connectivity index (χ1) is 9.36. The van der Waals surface area contributed by atoms with Gasteiger partial charge in [0, 0.05) is 17.3 Å². The average Bonchev–Trinajstić information content (AvgIpc) is 2.34. The summed E-state index contributed by atoms with van der Waals surface area (Å²) < 4.78 is 13.2. The topological polar surface area (TPSA) is 69.6 Å². The first-order valence-electron chi connectivity index (χ1n) is 5.36. The lowest BCUT2D eigenvalue weighted by Crippen LogP contribution is -2.11. The predicted octanol–water partition coefficient (Wildman–Crippen LogP) is 3.80. The van der Waals surface area contributed by atoms with Crippen LogP contribution in [0.1, 0.15) is 10.4 Å². The molecule has 2 aromatic rings. The number of phenolic OH excluding ortho intramolecular Hbond substituents is 2. The molecule has 0 aliphatic rings. The summed E-state index contributed by atoms with van der Waals surface area (Å²) in [5.74, 6) is -1.91. The third-order valence-corrected chi connectivity index (χ3v) is 2.96. The van der Waals surface area contributed by atoms with Crippen molar-refractivity contribution in [2.45, 2.75) is 0 Å². The molecule has 0 aromatic heterocycles. The van der Waals surface area contributed by atoms with E-state index in [4.69, 9.17) is 23.2 Å². The number of anilines is 1. The number of benzene rings is 2. The highest BCUT2D eigenvalue weighted by atomic mass is 35.5. The average molecular weight is 316 g/mol. The zero-order valence-corrected chi connectivity index (χ0v) is 11.3. The molecule has 0 unspecified atom stereocenters.